The minimum atomic E-state index is -0.511. The summed E-state index contributed by atoms with van der Waals surface area (Å²) in [6.07, 6.45) is 2.30. The lowest BCUT2D eigenvalue weighted by Gasteiger charge is -2.24. The summed E-state index contributed by atoms with van der Waals surface area (Å²) >= 11 is 3.53. The highest BCUT2D eigenvalue weighted by Gasteiger charge is 2.49. The van der Waals surface area contributed by atoms with Crippen LogP contribution >= 0.6 is 15.9 Å². The van der Waals surface area contributed by atoms with E-state index in [0.717, 1.165) is 34.3 Å². The van der Waals surface area contributed by atoms with Crippen LogP contribution in [0.15, 0.2) is 32.7 Å². The maximum Gasteiger partial charge on any atom is 0.181 e. The number of hydrogen-bond acceptors (Lipinski definition) is 4. The van der Waals surface area contributed by atoms with E-state index in [1.165, 1.54) is 0 Å². The van der Waals surface area contributed by atoms with Crippen molar-refractivity contribution in [3.63, 3.8) is 0 Å². The monoisotopic (exact) mass is 321 g/mol. The van der Waals surface area contributed by atoms with Gasteiger partial charge in [-0.3, -0.25) is 4.99 Å². The van der Waals surface area contributed by atoms with Crippen molar-refractivity contribution in [3.8, 4) is 5.75 Å². The third-order valence-corrected chi connectivity index (χ3v) is 4.34. The number of methoxy groups -OCH3 is 1. The molecule has 1 saturated carbocycles. The van der Waals surface area contributed by atoms with Gasteiger partial charge in [0.05, 0.1) is 17.3 Å². The smallest absolute Gasteiger partial charge is 0.181 e. The minimum Gasteiger partial charge on any atom is -0.496 e. The Morgan fingerprint density at radius 2 is 2.11 bits per heavy atom. The van der Waals surface area contributed by atoms with E-state index in [1.54, 1.807) is 7.11 Å². The highest BCUT2D eigenvalue weighted by Crippen LogP contribution is 2.51. The summed E-state index contributed by atoms with van der Waals surface area (Å²) in [5.74, 6) is 1.83. The first-order chi connectivity index (χ1) is 9.06. The second kappa shape index (κ2) is 4.34. The number of aliphatic imine (C=N–C) groups is 2. The first-order valence-electron chi connectivity index (χ1n) is 6.33. The van der Waals surface area contributed by atoms with Crippen LogP contribution in [0.5, 0.6) is 5.75 Å². The predicted molar refractivity (Wildman–Crippen MR) is 79.8 cm³/mol. The third-order valence-electron chi connectivity index (χ3n) is 3.72. The molecule has 1 aliphatic carbocycles. The molecule has 0 aromatic heterocycles. The van der Waals surface area contributed by atoms with Gasteiger partial charge in [0.2, 0.25) is 0 Å². The number of halogens is 1. The first kappa shape index (κ1) is 12.7. The van der Waals surface area contributed by atoms with Crippen LogP contribution in [-0.4, -0.2) is 18.7 Å². The van der Waals surface area contributed by atoms with E-state index in [1.807, 2.05) is 25.1 Å². The van der Waals surface area contributed by atoms with E-state index in [2.05, 4.69) is 20.9 Å². The van der Waals surface area contributed by atoms with E-state index in [0.29, 0.717) is 11.8 Å². The molecule has 1 unspecified atom stereocenters. The van der Waals surface area contributed by atoms with Gasteiger partial charge in [-0.1, -0.05) is 6.07 Å². The summed E-state index contributed by atoms with van der Waals surface area (Å²) in [6.45, 7) is 1.92. The van der Waals surface area contributed by atoms with Crippen LogP contribution < -0.4 is 10.5 Å². The Morgan fingerprint density at radius 3 is 2.58 bits per heavy atom. The van der Waals surface area contributed by atoms with Crippen molar-refractivity contribution in [2.45, 2.75) is 25.4 Å². The van der Waals surface area contributed by atoms with Gasteiger partial charge in [0.25, 0.3) is 0 Å². The van der Waals surface area contributed by atoms with Crippen molar-refractivity contribution in [3.05, 3.63) is 28.2 Å². The number of ether oxygens (including phenoxy) is 1. The van der Waals surface area contributed by atoms with Crippen molar-refractivity contribution in [1.29, 1.82) is 0 Å². The zero-order valence-corrected chi connectivity index (χ0v) is 12.6. The van der Waals surface area contributed by atoms with Crippen LogP contribution in [0.4, 0.5) is 0 Å². The van der Waals surface area contributed by atoms with Crippen molar-refractivity contribution in [2.75, 3.05) is 7.11 Å². The fourth-order valence-electron chi connectivity index (χ4n) is 2.53. The molecular weight excluding hydrogens is 306 g/mol. The lowest BCUT2D eigenvalue weighted by atomic mass is 9.95. The average Bonchev–Trinajstić information content (AvgIpc) is 3.18. The molecule has 5 heteroatoms. The SMILES string of the molecule is COc1ccc(C2(C3CC3)N=C(C)C(N)=N2)cc1Br. The molecule has 1 fully saturated rings. The predicted octanol–water partition coefficient (Wildman–Crippen LogP) is 2.85. The van der Waals surface area contributed by atoms with Gasteiger partial charge in [-0.2, -0.15) is 0 Å². The Labute approximate surface area is 120 Å². The largest absolute Gasteiger partial charge is 0.496 e. The summed E-state index contributed by atoms with van der Waals surface area (Å²) in [5, 5.41) is 0. The van der Waals surface area contributed by atoms with Crippen LogP contribution in [0.2, 0.25) is 0 Å². The molecule has 1 aromatic carbocycles. The van der Waals surface area contributed by atoms with Crippen molar-refractivity contribution >= 4 is 27.5 Å². The topological polar surface area (TPSA) is 60.0 Å². The summed E-state index contributed by atoms with van der Waals surface area (Å²) < 4.78 is 6.19. The molecule has 1 heterocycles. The normalized spacial score (nSPS) is 26.1. The molecule has 3 rings (SSSR count). The molecule has 1 aromatic rings. The summed E-state index contributed by atoms with van der Waals surface area (Å²) in [4.78, 5) is 9.42. The summed E-state index contributed by atoms with van der Waals surface area (Å²) in [5.41, 5.74) is 7.33. The molecule has 2 N–H and O–H groups in total. The quantitative estimate of drug-likeness (QED) is 0.930. The van der Waals surface area contributed by atoms with Crippen LogP contribution in [0.3, 0.4) is 0 Å². The van der Waals surface area contributed by atoms with E-state index in [9.17, 15) is 0 Å². The number of nitrogens with two attached hydrogens (primary N) is 1. The molecule has 0 spiro atoms. The van der Waals surface area contributed by atoms with Crippen molar-refractivity contribution < 1.29 is 4.74 Å². The van der Waals surface area contributed by atoms with Gasteiger partial charge in [0, 0.05) is 11.5 Å². The second-order valence-corrected chi connectivity index (χ2v) is 5.90. The van der Waals surface area contributed by atoms with E-state index >= 15 is 0 Å². The number of hydrogen-bond donors (Lipinski definition) is 1. The second-order valence-electron chi connectivity index (χ2n) is 5.04. The van der Waals surface area contributed by atoms with E-state index in [-0.39, 0.29) is 0 Å². The van der Waals surface area contributed by atoms with Gasteiger partial charge >= 0.3 is 0 Å². The Bertz CT molecular complexity index is 572. The van der Waals surface area contributed by atoms with Crippen LogP contribution in [0.1, 0.15) is 25.3 Å². The highest BCUT2D eigenvalue weighted by molar-refractivity contribution is 9.10. The molecule has 0 radical (unpaired) electrons. The zero-order chi connectivity index (χ0) is 13.6. The van der Waals surface area contributed by atoms with Gasteiger partial charge in [0.15, 0.2) is 5.66 Å². The van der Waals surface area contributed by atoms with Crippen LogP contribution in [0, 0.1) is 5.92 Å². The molecule has 0 saturated heterocycles. The molecule has 0 bridgehead atoms. The number of amidine groups is 1. The Hall–Kier alpha value is -1.36. The number of rotatable bonds is 3. The standard InChI is InChI=1S/C14H16BrN3O/c1-8-13(16)18-14(17-8,9-3-4-9)10-5-6-12(19-2)11(15)7-10/h5-7,9H,3-4H2,1-2H3,(H2,16,18). The number of nitrogens with zero attached hydrogens (tertiary/aromatic N) is 2. The molecule has 1 atom stereocenters. The first-order valence-corrected chi connectivity index (χ1v) is 7.12. The Balaban J connectivity index is 2.10. The molecular formula is C14H16BrN3O. The molecule has 2 aliphatic rings. The minimum absolute atomic E-state index is 0.462. The maximum absolute atomic E-state index is 5.93. The average molecular weight is 322 g/mol. The van der Waals surface area contributed by atoms with Crippen molar-refractivity contribution in [1.82, 2.24) is 0 Å². The van der Waals surface area contributed by atoms with Crippen LogP contribution in [0.25, 0.3) is 0 Å². The Morgan fingerprint density at radius 1 is 1.37 bits per heavy atom. The van der Waals surface area contributed by atoms with Gasteiger partial charge in [-0.25, -0.2) is 4.99 Å². The molecule has 4 nitrogen and oxygen atoms in total. The van der Waals surface area contributed by atoms with Gasteiger partial charge in [-0.15, -0.1) is 0 Å². The van der Waals surface area contributed by atoms with Crippen molar-refractivity contribution in [2.24, 2.45) is 21.6 Å². The van der Waals surface area contributed by atoms with Gasteiger partial charge < -0.3 is 10.5 Å². The summed E-state index contributed by atoms with van der Waals surface area (Å²) in [6, 6.07) is 6.01. The lowest BCUT2D eigenvalue weighted by Crippen LogP contribution is -2.23. The lowest BCUT2D eigenvalue weighted by molar-refractivity contribution is 0.404. The molecule has 19 heavy (non-hydrogen) atoms. The molecule has 0 amide bonds. The zero-order valence-electron chi connectivity index (χ0n) is 11.0. The van der Waals surface area contributed by atoms with Gasteiger partial charge in [-0.05, 0) is 47.8 Å². The number of benzene rings is 1. The highest BCUT2D eigenvalue weighted by atomic mass is 79.9. The van der Waals surface area contributed by atoms with E-state index < -0.39 is 5.66 Å². The molecule has 100 valence electrons. The summed E-state index contributed by atoms with van der Waals surface area (Å²) in [7, 11) is 1.66. The third kappa shape index (κ3) is 1.96. The maximum atomic E-state index is 5.93. The fourth-order valence-corrected chi connectivity index (χ4v) is 3.07. The van der Waals surface area contributed by atoms with Gasteiger partial charge in [0.1, 0.15) is 11.6 Å². The Kier molecular flexibility index (Phi) is 2.89. The fraction of sp³-hybridized carbons (Fsp3) is 0.429. The van der Waals surface area contributed by atoms with Crippen LogP contribution in [-0.2, 0) is 5.66 Å². The van der Waals surface area contributed by atoms with E-state index in [4.69, 9.17) is 15.5 Å². The molecule has 1 aliphatic heterocycles.